The minimum Gasteiger partial charge on any atom is -0.477 e. The fraction of sp³-hybridized carbons (Fsp3) is 0.0476. The quantitative estimate of drug-likeness (QED) is 0.481. The number of nitrogens with one attached hydrogen (secondary N) is 1. The molecule has 0 bridgehead atoms. The zero-order valence-electron chi connectivity index (χ0n) is 15.5. The number of rotatable bonds is 4. The van der Waals surface area contributed by atoms with Gasteiger partial charge in [-0.3, -0.25) is 4.79 Å². The van der Waals surface area contributed by atoms with Gasteiger partial charge in [-0.05, 0) is 43.3 Å². The molecule has 2 aromatic carbocycles. The molecule has 4 aromatic rings. The molecule has 4 rings (SSSR count). The molecule has 9 heteroatoms. The molecule has 0 aliphatic heterocycles. The van der Waals surface area contributed by atoms with Gasteiger partial charge >= 0.3 is 11.6 Å². The van der Waals surface area contributed by atoms with Crippen LogP contribution >= 0.6 is 11.6 Å². The number of aromatic nitrogens is 2. The van der Waals surface area contributed by atoms with Crippen molar-refractivity contribution < 1.29 is 19.1 Å². The van der Waals surface area contributed by atoms with E-state index in [-0.39, 0.29) is 22.5 Å². The molecule has 0 saturated heterocycles. The highest BCUT2D eigenvalue weighted by Crippen LogP contribution is 2.23. The lowest BCUT2D eigenvalue weighted by Crippen LogP contribution is -2.23. The highest BCUT2D eigenvalue weighted by Gasteiger charge is 2.22. The Bertz CT molecular complexity index is 1360. The number of amides is 1. The lowest BCUT2D eigenvalue weighted by molar-refractivity contribution is 0.0698. The molecule has 8 nitrogen and oxygen atoms in total. The minimum absolute atomic E-state index is 0.0815. The Kier molecular flexibility index (Phi) is 4.85. The number of anilines is 1. The highest BCUT2D eigenvalue weighted by atomic mass is 35.5. The van der Waals surface area contributed by atoms with Crippen LogP contribution in [0.3, 0.4) is 0 Å². The topological polar surface area (TPSA) is 114 Å². The molecule has 0 radical (unpaired) electrons. The second-order valence-electron chi connectivity index (χ2n) is 6.54. The normalized spacial score (nSPS) is 10.9. The zero-order chi connectivity index (χ0) is 21.4. The molecule has 2 heterocycles. The number of carbonyl (C=O) groups is 2. The van der Waals surface area contributed by atoms with Crippen LogP contribution in [0, 0.1) is 6.92 Å². The first-order valence-electron chi connectivity index (χ1n) is 8.76. The first-order chi connectivity index (χ1) is 14.3. The summed E-state index contributed by atoms with van der Waals surface area (Å²) in [4.78, 5) is 36.8. The van der Waals surface area contributed by atoms with E-state index < -0.39 is 17.5 Å². The first-order valence-corrected chi connectivity index (χ1v) is 9.14. The summed E-state index contributed by atoms with van der Waals surface area (Å²) in [7, 11) is 0. The molecule has 0 aliphatic carbocycles. The van der Waals surface area contributed by atoms with Crippen LogP contribution in [-0.2, 0) is 0 Å². The minimum atomic E-state index is -1.28. The predicted octanol–water partition coefficient (Wildman–Crippen LogP) is 3.89. The Hall–Kier alpha value is -3.91. The maximum Gasteiger partial charge on any atom is 0.349 e. The van der Waals surface area contributed by atoms with E-state index in [2.05, 4.69) is 10.4 Å². The van der Waals surface area contributed by atoms with Crippen molar-refractivity contribution in [1.82, 2.24) is 9.78 Å². The van der Waals surface area contributed by atoms with E-state index in [1.807, 2.05) is 19.1 Å². The Morgan fingerprint density at radius 3 is 2.53 bits per heavy atom. The summed E-state index contributed by atoms with van der Waals surface area (Å²) < 4.78 is 6.46. The van der Waals surface area contributed by atoms with E-state index in [9.17, 15) is 19.5 Å². The molecule has 0 aliphatic rings. The smallest absolute Gasteiger partial charge is 0.349 e. The van der Waals surface area contributed by atoms with Crippen molar-refractivity contribution in [3.05, 3.63) is 86.9 Å². The number of fused-ring (bicyclic) bond motifs is 1. The summed E-state index contributed by atoms with van der Waals surface area (Å²) in [6, 6.07) is 13.1. The van der Waals surface area contributed by atoms with Gasteiger partial charge in [-0.2, -0.15) is 5.10 Å². The van der Waals surface area contributed by atoms with Crippen molar-refractivity contribution in [2.45, 2.75) is 6.92 Å². The summed E-state index contributed by atoms with van der Waals surface area (Å²) in [5.41, 5.74) is 0.440. The molecule has 30 heavy (non-hydrogen) atoms. The van der Waals surface area contributed by atoms with Crippen LogP contribution < -0.4 is 10.9 Å². The van der Waals surface area contributed by atoms with Gasteiger partial charge in [0.05, 0.1) is 11.9 Å². The van der Waals surface area contributed by atoms with Crippen LogP contribution in [0.5, 0.6) is 0 Å². The van der Waals surface area contributed by atoms with Crippen molar-refractivity contribution in [2.75, 3.05) is 5.32 Å². The number of aryl methyl sites for hydroxylation is 1. The van der Waals surface area contributed by atoms with Gasteiger partial charge in [-0.1, -0.05) is 29.3 Å². The fourth-order valence-corrected chi connectivity index (χ4v) is 3.11. The standard InChI is InChI=1S/C21H14ClN3O5/c1-11-2-5-14(6-3-11)25-18(16(10-23-25)20(27)28)24-19(26)15-9-12-8-13(22)4-7-17(12)30-21(15)29/h2-10H,1H3,(H,24,26)(H,27,28). The molecular weight excluding hydrogens is 410 g/mol. The number of halogens is 1. The van der Waals surface area contributed by atoms with Crippen LogP contribution in [0.25, 0.3) is 16.7 Å². The van der Waals surface area contributed by atoms with Crippen molar-refractivity contribution in [3.63, 3.8) is 0 Å². The molecule has 0 fully saturated rings. The number of hydrogen-bond donors (Lipinski definition) is 2. The lowest BCUT2D eigenvalue weighted by atomic mass is 10.1. The monoisotopic (exact) mass is 423 g/mol. The van der Waals surface area contributed by atoms with Gasteiger partial charge in [0.15, 0.2) is 5.82 Å². The second kappa shape index (κ2) is 7.49. The second-order valence-corrected chi connectivity index (χ2v) is 6.98. The molecule has 2 N–H and O–H groups in total. The summed E-state index contributed by atoms with van der Waals surface area (Å²) in [5.74, 6) is -2.19. The third-order valence-electron chi connectivity index (χ3n) is 4.45. The summed E-state index contributed by atoms with van der Waals surface area (Å²) in [6.45, 7) is 1.91. The molecule has 0 spiro atoms. The van der Waals surface area contributed by atoms with E-state index in [0.717, 1.165) is 11.8 Å². The van der Waals surface area contributed by atoms with Crippen LogP contribution in [0.2, 0.25) is 5.02 Å². The van der Waals surface area contributed by atoms with E-state index in [1.165, 1.54) is 16.8 Å². The average molecular weight is 424 g/mol. The van der Waals surface area contributed by atoms with Crippen molar-refractivity contribution >= 4 is 40.3 Å². The first kappa shape index (κ1) is 19.4. The third-order valence-corrected chi connectivity index (χ3v) is 4.68. The number of carboxylic acids is 1. The molecule has 0 saturated carbocycles. The third kappa shape index (κ3) is 3.56. The summed E-state index contributed by atoms with van der Waals surface area (Å²) >= 11 is 5.96. The van der Waals surface area contributed by atoms with E-state index >= 15 is 0 Å². The predicted molar refractivity (Wildman–Crippen MR) is 111 cm³/mol. The van der Waals surface area contributed by atoms with Crippen LogP contribution in [0.1, 0.15) is 26.3 Å². The van der Waals surface area contributed by atoms with Crippen LogP contribution in [0.15, 0.2) is 63.9 Å². The van der Waals surface area contributed by atoms with Crippen LogP contribution in [0.4, 0.5) is 5.82 Å². The number of nitrogens with zero attached hydrogens (tertiary/aromatic N) is 2. The molecular formula is C21H14ClN3O5. The number of hydrogen-bond acceptors (Lipinski definition) is 5. The van der Waals surface area contributed by atoms with Gasteiger partial charge in [0.2, 0.25) is 0 Å². The Balaban J connectivity index is 1.78. The maximum atomic E-state index is 12.8. The van der Waals surface area contributed by atoms with Gasteiger partial charge in [0, 0.05) is 10.4 Å². The zero-order valence-corrected chi connectivity index (χ0v) is 16.3. The van der Waals surface area contributed by atoms with Gasteiger partial charge < -0.3 is 14.8 Å². The molecule has 0 atom stereocenters. The van der Waals surface area contributed by atoms with Gasteiger partial charge in [0.1, 0.15) is 16.7 Å². The summed E-state index contributed by atoms with van der Waals surface area (Å²) in [6.07, 6.45) is 1.13. The number of aromatic carboxylic acids is 1. The largest absolute Gasteiger partial charge is 0.477 e. The molecule has 1 amide bonds. The Labute approximate surface area is 174 Å². The number of carbonyl (C=O) groups excluding carboxylic acids is 1. The number of benzene rings is 2. The lowest BCUT2D eigenvalue weighted by Gasteiger charge is -2.10. The SMILES string of the molecule is Cc1ccc(-n2ncc(C(=O)O)c2NC(=O)c2cc3cc(Cl)ccc3oc2=O)cc1. The maximum absolute atomic E-state index is 12.8. The Morgan fingerprint density at radius 1 is 1.10 bits per heavy atom. The van der Waals surface area contributed by atoms with Crippen molar-refractivity contribution in [2.24, 2.45) is 0 Å². The average Bonchev–Trinajstić information content (AvgIpc) is 3.12. The Morgan fingerprint density at radius 2 is 1.83 bits per heavy atom. The van der Waals surface area contributed by atoms with E-state index in [0.29, 0.717) is 16.1 Å². The van der Waals surface area contributed by atoms with Gasteiger partial charge in [0.25, 0.3) is 5.91 Å². The summed E-state index contributed by atoms with van der Waals surface area (Å²) in [5, 5.41) is 16.9. The highest BCUT2D eigenvalue weighted by molar-refractivity contribution is 6.31. The van der Waals surface area contributed by atoms with Crippen LogP contribution in [-0.4, -0.2) is 26.8 Å². The van der Waals surface area contributed by atoms with Crippen molar-refractivity contribution in [1.29, 1.82) is 0 Å². The van der Waals surface area contributed by atoms with E-state index in [4.69, 9.17) is 16.0 Å². The van der Waals surface area contributed by atoms with Gasteiger partial charge in [-0.25, -0.2) is 14.3 Å². The van der Waals surface area contributed by atoms with Gasteiger partial charge in [-0.15, -0.1) is 0 Å². The van der Waals surface area contributed by atoms with Crippen molar-refractivity contribution in [3.8, 4) is 5.69 Å². The number of carboxylic acid groups (broad SMARTS) is 1. The molecule has 0 unspecified atom stereocenters. The van der Waals surface area contributed by atoms with E-state index in [1.54, 1.807) is 24.3 Å². The molecule has 150 valence electrons. The molecule has 2 aromatic heterocycles. The fourth-order valence-electron chi connectivity index (χ4n) is 2.93.